The first-order valence-electron chi connectivity index (χ1n) is 7.29. The van der Waals surface area contributed by atoms with Crippen molar-refractivity contribution in [3.8, 4) is 0 Å². The predicted octanol–water partition coefficient (Wildman–Crippen LogP) is 1.71. The second kappa shape index (κ2) is 6.20. The molecule has 0 amide bonds. The van der Waals surface area contributed by atoms with Gasteiger partial charge in [0.2, 0.25) is 0 Å². The number of carboxylic acids is 1. The minimum atomic E-state index is -0.771. The van der Waals surface area contributed by atoms with E-state index in [0.29, 0.717) is 18.9 Å². The third-order valence-electron chi connectivity index (χ3n) is 4.33. The van der Waals surface area contributed by atoms with E-state index in [0.717, 1.165) is 26.1 Å². The predicted molar refractivity (Wildman–Crippen MR) is 70.9 cm³/mol. The summed E-state index contributed by atoms with van der Waals surface area (Å²) < 4.78 is 11.9. The first-order valence-corrected chi connectivity index (χ1v) is 7.29. The van der Waals surface area contributed by atoms with Gasteiger partial charge in [-0.05, 0) is 39.3 Å². The van der Waals surface area contributed by atoms with Crippen LogP contribution in [0.2, 0.25) is 0 Å². The molecule has 2 aliphatic heterocycles. The number of carboxylic acid groups (broad SMARTS) is 1. The van der Waals surface area contributed by atoms with Crippen molar-refractivity contribution in [2.24, 2.45) is 5.92 Å². The molecular weight excluding hydrogens is 246 g/mol. The summed E-state index contributed by atoms with van der Waals surface area (Å²) in [4.78, 5) is 13.0. The maximum atomic E-state index is 10.6. The van der Waals surface area contributed by atoms with Crippen molar-refractivity contribution in [1.82, 2.24) is 4.90 Å². The van der Waals surface area contributed by atoms with Crippen molar-refractivity contribution < 1.29 is 19.4 Å². The molecule has 0 aromatic carbocycles. The average molecular weight is 271 g/mol. The number of aliphatic carboxylic acids is 1. The Morgan fingerprint density at radius 1 is 1.53 bits per heavy atom. The largest absolute Gasteiger partial charge is 0.481 e. The van der Waals surface area contributed by atoms with E-state index in [1.807, 2.05) is 6.92 Å². The van der Waals surface area contributed by atoms with Crippen molar-refractivity contribution in [3.05, 3.63) is 0 Å². The van der Waals surface area contributed by atoms with Gasteiger partial charge in [0.05, 0.1) is 12.7 Å². The van der Waals surface area contributed by atoms with Gasteiger partial charge in [-0.25, -0.2) is 0 Å². The smallest absolute Gasteiger partial charge is 0.303 e. The quantitative estimate of drug-likeness (QED) is 0.825. The second-order valence-corrected chi connectivity index (χ2v) is 5.73. The maximum Gasteiger partial charge on any atom is 0.303 e. The fourth-order valence-electron chi connectivity index (χ4n) is 3.07. The molecule has 3 unspecified atom stereocenters. The minimum Gasteiger partial charge on any atom is -0.481 e. The van der Waals surface area contributed by atoms with Gasteiger partial charge in [0.1, 0.15) is 0 Å². The number of piperidine rings is 1. The van der Waals surface area contributed by atoms with Gasteiger partial charge in [0.25, 0.3) is 0 Å². The Hall–Kier alpha value is -0.650. The zero-order chi connectivity index (χ0) is 13.9. The molecule has 0 aliphatic carbocycles. The number of ether oxygens (including phenoxy) is 2. The van der Waals surface area contributed by atoms with Crippen LogP contribution in [0.25, 0.3) is 0 Å². The van der Waals surface area contributed by atoms with E-state index in [1.54, 1.807) is 0 Å². The van der Waals surface area contributed by atoms with E-state index in [2.05, 4.69) is 11.8 Å². The Morgan fingerprint density at radius 2 is 2.32 bits per heavy atom. The first-order chi connectivity index (χ1) is 9.03. The lowest BCUT2D eigenvalue weighted by Gasteiger charge is -2.39. The summed E-state index contributed by atoms with van der Waals surface area (Å²) in [5.74, 6) is -0.917. The molecule has 0 saturated carbocycles. The fraction of sp³-hybridized carbons (Fsp3) is 0.929. The van der Waals surface area contributed by atoms with Gasteiger partial charge in [-0.3, -0.25) is 4.79 Å². The van der Waals surface area contributed by atoms with Crippen LogP contribution >= 0.6 is 0 Å². The Labute approximate surface area is 114 Å². The van der Waals surface area contributed by atoms with Gasteiger partial charge < -0.3 is 19.5 Å². The molecule has 5 heteroatoms. The van der Waals surface area contributed by atoms with Gasteiger partial charge in [-0.2, -0.15) is 0 Å². The maximum absolute atomic E-state index is 10.6. The summed E-state index contributed by atoms with van der Waals surface area (Å²) in [5, 5.41) is 8.72. The van der Waals surface area contributed by atoms with Crippen LogP contribution in [0.5, 0.6) is 0 Å². The monoisotopic (exact) mass is 271 g/mol. The summed E-state index contributed by atoms with van der Waals surface area (Å²) in [6.45, 7) is 7.94. The molecule has 19 heavy (non-hydrogen) atoms. The van der Waals surface area contributed by atoms with Crippen LogP contribution in [0.1, 0.15) is 39.5 Å². The molecule has 0 aromatic heterocycles. The van der Waals surface area contributed by atoms with E-state index in [9.17, 15) is 4.79 Å². The number of hydrogen-bond donors (Lipinski definition) is 1. The van der Waals surface area contributed by atoms with Crippen molar-refractivity contribution in [3.63, 3.8) is 0 Å². The molecule has 2 saturated heterocycles. The Bertz CT molecular complexity index is 323. The highest BCUT2D eigenvalue weighted by Gasteiger charge is 2.44. The van der Waals surface area contributed by atoms with Crippen LogP contribution in [0, 0.1) is 5.92 Å². The molecular formula is C14H25NO4. The van der Waals surface area contributed by atoms with Crippen LogP contribution in [0.3, 0.4) is 0 Å². The van der Waals surface area contributed by atoms with Gasteiger partial charge >= 0.3 is 5.97 Å². The molecule has 2 rings (SSSR count). The number of nitrogens with zero attached hydrogens (tertiary/aromatic N) is 1. The lowest BCUT2D eigenvalue weighted by Crippen LogP contribution is -2.47. The number of hydrogen-bond acceptors (Lipinski definition) is 4. The summed E-state index contributed by atoms with van der Waals surface area (Å²) >= 11 is 0. The lowest BCUT2D eigenvalue weighted by atomic mass is 9.90. The second-order valence-electron chi connectivity index (χ2n) is 5.73. The zero-order valence-corrected chi connectivity index (χ0v) is 11.9. The third-order valence-corrected chi connectivity index (χ3v) is 4.33. The number of rotatable bonds is 5. The molecule has 0 radical (unpaired) electrons. The SMILES string of the molecule is CCN1CCCC(C2(C)OCC(CCC(=O)O)O2)C1. The molecule has 1 N–H and O–H groups in total. The topological polar surface area (TPSA) is 59.0 Å². The fourth-order valence-corrected chi connectivity index (χ4v) is 3.07. The minimum absolute atomic E-state index is 0.0712. The van der Waals surface area contributed by atoms with Crippen LogP contribution in [-0.4, -0.2) is 54.1 Å². The highest BCUT2D eigenvalue weighted by atomic mass is 16.7. The standard InChI is InChI=1S/C14H25NO4/c1-3-15-8-4-5-11(9-15)14(2)18-10-12(19-14)6-7-13(16)17/h11-12H,3-10H2,1-2H3,(H,16,17). The molecule has 0 bridgehead atoms. The van der Waals surface area contributed by atoms with E-state index >= 15 is 0 Å². The lowest BCUT2D eigenvalue weighted by molar-refractivity contribution is -0.202. The van der Waals surface area contributed by atoms with Gasteiger partial charge in [-0.1, -0.05) is 6.92 Å². The summed E-state index contributed by atoms with van der Waals surface area (Å²) in [5.41, 5.74) is 0. The summed E-state index contributed by atoms with van der Waals surface area (Å²) in [6, 6.07) is 0. The van der Waals surface area contributed by atoms with Crippen molar-refractivity contribution in [2.45, 2.75) is 51.4 Å². The van der Waals surface area contributed by atoms with E-state index in [1.165, 1.54) is 6.42 Å². The van der Waals surface area contributed by atoms with Crippen LogP contribution < -0.4 is 0 Å². The third kappa shape index (κ3) is 3.68. The van der Waals surface area contributed by atoms with Gasteiger partial charge in [0, 0.05) is 18.9 Å². The normalized spacial score (nSPS) is 36.5. The number of carbonyl (C=O) groups is 1. The first kappa shape index (κ1) is 14.8. The Kier molecular flexibility index (Phi) is 4.81. The zero-order valence-electron chi connectivity index (χ0n) is 11.9. The molecule has 110 valence electrons. The van der Waals surface area contributed by atoms with Crippen LogP contribution in [-0.2, 0) is 14.3 Å². The van der Waals surface area contributed by atoms with Crippen molar-refractivity contribution >= 4 is 5.97 Å². The molecule has 2 heterocycles. The Morgan fingerprint density at radius 3 is 3.00 bits per heavy atom. The summed E-state index contributed by atoms with van der Waals surface area (Å²) in [6.07, 6.45) is 2.92. The van der Waals surface area contributed by atoms with Crippen molar-refractivity contribution in [1.29, 1.82) is 0 Å². The number of likely N-dealkylation sites (tertiary alicyclic amines) is 1. The molecule has 0 aromatic rings. The highest BCUT2D eigenvalue weighted by Crippen LogP contribution is 2.37. The van der Waals surface area contributed by atoms with E-state index in [-0.39, 0.29) is 12.5 Å². The average Bonchev–Trinajstić information content (AvgIpc) is 2.80. The van der Waals surface area contributed by atoms with Gasteiger partial charge in [-0.15, -0.1) is 0 Å². The molecule has 3 atom stereocenters. The van der Waals surface area contributed by atoms with Crippen LogP contribution in [0.4, 0.5) is 0 Å². The van der Waals surface area contributed by atoms with Gasteiger partial charge in [0.15, 0.2) is 5.79 Å². The van der Waals surface area contributed by atoms with E-state index in [4.69, 9.17) is 14.6 Å². The van der Waals surface area contributed by atoms with E-state index < -0.39 is 11.8 Å². The highest BCUT2D eigenvalue weighted by molar-refractivity contribution is 5.66. The molecule has 0 spiro atoms. The van der Waals surface area contributed by atoms with Crippen molar-refractivity contribution in [2.75, 3.05) is 26.2 Å². The molecule has 2 fully saturated rings. The molecule has 2 aliphatic rings. The Balaban J connectivity index is 1.87. The molecule has 5 nitrogen and oxygen atoms in total. The van der Waals surface area contributed by atoms with Crippen LogP contribution in [0.15, 0.2) is 0 Å². The summed E-state index contributed by atoms with van der Waals surface area (Å²) in [7, 11) is 0.